The van der Waals surface area contributed by atoms with Gasteiger partial charge in [-0.05, 0) is 36.6 Å². The van der Waals surface area contributed by atoms with Gasteiger partial charge >= 0.3 is 0 Å². The third-order valence-electron chi connectivity index (χ3n) is 3.66. The van der Waals surface area contributed by atoms with Gasteiger partial charge in [0.05, 0.1) is 18.8 Å². The van der Waals surface area contributed by atoms with Crippen LogP contribution in [0.15, 0.2) is 48.8 Å². The molecule has 1 aliphatic heterocycles. The lowest BCUT2D eigenvalue weighted by atomic mass is 10.1. The molecule has 0 saturated carbocycles. The fraction of sp³-hybridized carbons (Fsp3) is 0.300. The number of hydrogen-bond acceptors (Lipinski definition) is 4. The Labute approximate surface area is 146 Å². The largest absolute Gasteiger partial charge is 0.341 e. The van der Waals surface area contributed by atoms with Gasteiger partial charge in [0.1, 0.15) is 5.82 Å². The monoisotopic (exact) mass is 338 g/mol. The first-order valence-corrected chi connectivity index (χ1v) is 8.24. The highest BCUT2D eigenvalue weighted by Gasteiger charge is 2.18. The van der Waals surface area contributed by atoms with E-state index in [-0.39, 0.29) is 11.7 Å². The van der Waals surface area contributed by atoms with Crippen molar-refractivity contribution >= 4 is 0 Å². The van der Waals surface area contributed by atoms with Crippen LogP contribution >= 0.6 is 0 Å². The summed E-state index contributed by atoms with van der Waals surface area (Å²) in [5, 5.41) is 0. The maximum Gasteiger partial charge on any atom is 0.222 e. The van der Waals surface area contributed by atoms with Crippen LogP contribution < -0.4 is 0 Å². The summed E-state index contributed by atoms with van der Waals surface area (Å²) in [6.45, 7) is 3.31. The lowest BCUT2D eigenvalue weighted by Crippen LogP contribution is -2.30. The van der Waals surface area contributed by atoms with Crippen LogP contribution in [0.3, 0.4) is 0 Å². The van der Waals surface area contributed by atoms with Crippen LogP contribution in [0.5, 0.6) is 0 Å². The van der Waals surface area contributed by atoms with E-state index in [0.717, 1.165) is 12.0 Å². The molecule has 1 aromatic heterocycles. The van der Waals surface area contributed by atoms with Crippen LogP contribution in [0.25, 0.3) is 11.4 Å². The van der Waals surface area contributed by atoms with Crippen LogP contribution in [0.4, 0.5) is 4.39 Å². The van der Waals surface area contributed by atoms with Crippen LogP contribution in [0.2, 0.25) is 0 Å². The summed E-state index contributed by atoms with van der Waals surface area (Å²) >= 11 is 0. The fourth-order valence-electron chi connectivity index (χ4n) is 2.32. The Morgan fingerprint density at radius 1 is 1.16 bits per heavy atom. The summed E-state index contributed by atoms with van der Waals surface area (Å²) < 4.78 is 24.1. The lowest BCUT2D eigenvalue weighted by molar-refractivity contribution is -0.160. The summed E-state index contributed by atoms with van der Waals surface area (Å²) in [4.78, 5) is 8.52. The van der Waals surface area contributed by atoms with E-state index in [1.807, 2.05) is 0 Å². The number of benzene rings is 1. The van der Waals surface area contributed by atoms with Gasteiger partial charge in [-0.1, -0.05) is 25.0 Å². The molecule has 0 atom stereocenters. The van der Waals surface area contributed by atoms with E-state index >= 15 is 0 Å². The molecule has 4 nitrogen and oxygen atoms in total. The number of halogens is 1. The van der Waals surface area contributed by atoms with Crippen molar-refractivity contribution in [1.29, 1.82) is 0 Å². The number of aromatic nitrogens is 2. The van der Waals surface area contributed by atoms with Crippen molar-refractivity contribution in [2.24, 2.45) is 5.92 Å². The molecule has 0 spiro atoms. The van der Waals surface area contributed by atoms with Crippen LogP contribution in [0.1, 0.15) is 18.9 Å². The fourth-order valence-corrected chi connectivity index (χ4v) is 2.32. The molecule has 0 radical (unpaired) electrons. The molecule has 1 aromatic carbocycles. The molecule has 25 heavy (non-hydrogen) atoms. The number of allylic oxidation sites excluding steroid dienone is 1. The Kier molecular flexibility index (Phi) is 5.89. The first-order valence-electron chi connectivity index (χ1n) is 8.24. The number of nitrogens with zero attached hydrogens (tertiary/aromatic N) is 2. The van der Waals surface area contributed by atoms with Gasteiger partial charge in [-0.3, -0.25) is 0 Å². The lowest BCUT2D eigenvalue weighted by Gasteiger charge is -2.24. The minimum absolute atomic E-state index is 0.286. The summed E-state index contributed by atoms with van der Waals surface area (Å²) in [6, 6.07) is 6.05. The maximum absolute atomic E-state index is 12.9. The standard InChI is InChI=1S/C20H19FN2O2/c1-2-3-4-16-13-24-19(25-14-16)10-5-15-11-22-20(23-12-15)17-6-8-18(21)9-7-17/h3-4,6-9,11-12,16,19H,2,13-14H2,1H3/t16-,19-. The van der Waals surface area contributed by atoms with Crippen molar-refractivity contribution in [3.63, 3.8) is 0 Å². The molecule has 1 saturated heterocycles. The molecule has 0 bridgehead atoms. The van der Waals surface area contributed by atoms with E-state index in [0.29, 0.717) is 24.6 Å². The van der Waals surface area contributed by atoms with E-state index in [4.69, 9.17) is 9.47 Å². The number of rotatable bonds is 3. The average Bonchev–Trinajstić information content (AvgIpc) is 2.67. The zero-order valence-corrected chi connectivity index (χ0v) is 14.0. The van der Waals surface area contributed by atoms with Crippen molar-refractivity contribution in [1.82, 2.24) is 9.97 Å². The van der Waals surface area contributed by atoms with Gasteiger partial charge < -0.3 is 9.47 Å². The van der Waals surface area contributed by atoms with Gasteiger partial charge in [-0.2, -0.15) is 0 Å². The van der Waals surface area contributed by atoms with Gasteiger partial charge in [-0.15, -0.1) is 0 Å². The molecule has 128 valence electrons. The SMILES string of the molecule is CCC=C[C@H]1CO[C@H](C#Cc2cnc(-c3ccc(F)cc3)nc2)OC1. The Morgan fingerprint density at radius 2 is 1.84 bits per heavy atom. The number of hydrogen-bond donors (Lipinski definition) is 0. The normalized spacial score (nSPS) is 20.2. The average molecular weight is 338 g/mol. The van der Waals surface area contributed by atoms with Crippen LogP contribution in [-0.2, 0) is 9.47 Å². The predicted octanol–water partition coefficient (Wildman–Crippen LogP) is 3.59. The quantitative estimate of drug-likeness (QED) is 0.634. The zero-order valence-electron chi connectivity index (χ0n) is 14.0. The molecule has 2 aromatic rings. The van der Waals surface area contributed by atoms with Gasteiger partial charge in [-0.25, -0.2) is 14.4 Å². The third kappa shape index (κ3) is 4.96. The summed E-state index contributed by atoms with van der Waals surface area (Å²) in [5.74, 6) is 6.42. The van der Waals surface area contributed by atoms with Gasteiger partial charge in [0, 0.05) is 23.9 Å². The molecule has 0 amide bonds. The first kappa shape index (κ1) is 17.3. The molecule has 1 aliphatic rings. The van der Waals surface area contributed by atoms with Crippen molar-refractivity contribution in [3.8, 4) is 23.2 Å². The van der Waals surface area contributed by atoms with E-state index in [1.165, 1.54) is 12.1 Å². The van der Waals surface area contributed by atoms with Crippen molar-refractivity contribution in [3.05, 3.63) is 60.2 Å². The predicted molar refractivity (Wildman–Crippen MR) is 92.9 cm³/mol. The third-order valence-corrected chi connectivity index (χ3v) is 3.66. The van der Waals surface area contributed by atoms with E-state index < -0.39 is 6.29 Å². The first-order chi connectivity index (χ1) is 12.2. The highest BCUT2D eigenvalue weighted by molar-refractivity contribution is 5.54. The van der Waals surface area contributed by atoms with E-state index in [2.05, 4.69) is 40.9 Å². The van der Waals surface area contributed by atoms with Crippen LogP contribution in [-0.4, -0.2) is 29.5 Å². The van der Waals surface area contributed by atoms with Crippen LogP contribution in [0, 0.1) is 23.6 Å². The molecular weight excluding hydrogens is 319 g/mol. The molecule has 2 heterocycles. The molecule has 5 heteroatoms. The minimum atomic E-state index is -0.525. The molecule has 3 rings (SSSR count). The zero-order chi connectivity index (χ0) is 17.5. The second-order valence-electron chi connectivity index (χ2n) is 5.67. The summed E-state index contributed by atoms with van der Waals surface area (Å²) in [7, 11) is 0. The maximum atomic E-state index is 12.9. The Hall–Kier alpha value is -2.55. The number of ether oxygens (including phenoxy) is 2. The van der Waals surface area contributed by atoms with Crippen molar-refractivity contribution in [2.75, 3.05) is 13.2 Å². The van der Waals surface area contributed by atoms with Gasteiger partial charge in [0.25, 0.3) is 0 Å². The smallest absolute Gasteiger partial charge is 0.222 e. The Balaban J connectivity index is 1.58. The van der Waals surface area contributed by atoms with Gasteiger partial charge in [0.15, 0.2) is 5.82 Å². The van der Waals surface area contributed by atoms with Gasteiger partial charge in [0.2, 0.25) is 6.29 Å². The van der Waals surface area contributed by atoms with Crippen molar-refractivity contribution in [2.45, 2.75) is 19.6 Å². The highest BCUT2D eigenvalue weighted by atomic mass is 19.1. The minimum Gasteiger partial charge on any atom is -0.341 e. The summed E-state index contributed by atoms with van der Waals surface area (Å²) in [6.07, 6.45) is 7.98. The molecule has 0 N–H and O–H groups in total. The Bertz CT molecular complexity index is 768. The molecule has 1 fully saturated rings. The van der Waals surface area contributed by atoms with E-state index in [9.17, 15) is 4.39 Å². The summed E-state index contributed by atoms with van der Waals surface area (Å²) in [5.41, 5.74) is 1.43. The second-order valence-corrected chi connectivity index (χ2v) is 5.67. The highest BCUT2D eigenvalue weighted by Crippen LogP contribution is 2.15. The molecular formula is C20H19FN2O2. The molecule has 0 aliphatic carbocycles. The second kappa shape index (κ2) is 8.52. The van der Waals surface area contributed by atoms with Crippen molar-refractivity contribution < 1.29 is 13.9 Å². The molecule has 0 unspecified atom stereocenters. The topological polar surface area (TPSA) is 44.2 Å². The Morgan fingerprint density at radius 3 is 2.48 bits per heavy atom. The van der Waals surface area contributed by atoms with E-state index in [1.54, 1.807) is 24.5 Å².